The van der Waals surface area contributed by atoms with Crippen LogP contribution in [0.2, 0.25) is 0 Å². The van der Waals surface area contributed by atoms with Crippen molar-refractivity contribution in [3.05, 3.63) is 66.2 Å². The maximum absolute atomic E-state index is 12.7. The number of Topliss-reactive ketones (excluding diaryl/α,β-unsaturated/α-hetero) is 1. The lowest BCUT2D eigenvalue weighted by Gasteiger charge is -2.22. The van der Waals surface area contributed by atoms with Gasteiger partial charge in [-0.05, 0) is 37.4 Å². The van der Waals surface area contributed by atoms with E-state index in [4.69, 9.17) is 5.73 Å². The van der Waals surface area contributed by atoms with Gasteiger partial charge in [-0.3, -0.25) is 14.4 Å². The zero-order valence-electron chi connectivity index (χ0n) is 18.1. The molecule has 5 N–H and O–H groups in total. The molecule has 2 rings (SSSR count). The molecule has 0 unspecified atom stereocenters. The highest BCUT2D eigenvalue weighted by molar-refractivity contribution is 5.98. The number of benzene rings is 2. The maximum Gasteiger partial charge on any atom is 0.246 e. The van der Waals surface area contributed by atoms with Gasteiger partial charge in [0.2, 0.25) is 11.8 Å². The first-order valence-electron chi connectivity index (χ1n) is 10.6. The third kappa shape index (κ3) is 8.70. The van der Waals surface area contributed by atoms with Crippen molar-refractivity contribution < 1.29 is 14.4 Å². The molecule has 0 aliphatic carbocycles. The maximum atomic E-state index is 12.7. The molecule has 0 aliphatic heterocycles. The summed E-state index contributed by atoms with van der Waals surface area (Å²) in [6, 6.07) is 16.7. The number of carbonyl (C=O) groups is 3. The molecule has 0 aliphatic rings. The average Bonchev–Trinajstić information content (AvgIpc) is 2.76. The van der Waals surface area contributed by atoms with Gasteiger partial charge in [-0.25, -0.2) is 0 Å². The van der Waals surface area contributed by atoms with Crippen molar-refractivity contribution in [2.24, 2.45) is 11.7 Å². The van der Waals surface area contributed by atoms with E-state index in [1.165, 1.54) is 0 Å². The fourth-order valence-corrected chi connectivity index (χ4v) is 3.05. The number of rotatable bonds is 12. The van der Waals surface area contributed by atoms with Gasteiger partial charge in [0.05, 0.1) is 12.6 Å². The van der Waals surface area contributed by atoms with Gasteiger partial charge in [0.15, 0.2) is 5.78 Å². The Morgan fingerprint density at radius 1 is 0.903 bits per heavy atom. The van der Waals surface area contributed by atoms with Crippen LogP contribution < -0.4 is 21.7 Å². The zero-order chi connectivity index (χ0) is 22.6. The lowest BCUT2D eigenvalue weighted by Crippen LogP contribution is -2.51. The van der Waals surface area contributed by atoms with E-state index in [1.54, 1.807) is 24.3 Å². The summed E-state index contributed by atoms with van der Waals surface area (Å²) in [5.41, 5.74) is 7.32. The van der Waals surface area contributed by atoms with Crippen LogP contribution >= 0.6 is 0 Å². The Hall–Kier alpha value is -3.03. The molecule has 0 saturated heterocycles. The topological polar surface area (TPSA) is 113 Å². The molecule has 7 nitrogen and oxygen atoms in total. The SMILES string of the molecule is CC(C)C[C@H](NC(=O)[C@@H](N)CCNCC(=O)c1ccccc1)C(=O)Nc1ccccc1. The highest BCUT2D eigenvalue weighted by Gasteiger charge is 2.24. The van der Waals surface area contributed by atoms with Crippen LogP contribution in [0.5, 0.6) is 0 Å². The van der Waals surface area contributed by atoms with E-state index in [0.717, 1.165) is 0 Å². The first-order valence-corrected chi connectivity index (χ1v) is 10.6. The van der Waals surface area contributed by atoms with Crippen LogP contribution in [0.1, 0.15) is 37.0 Å². The number of ketones is 1. The number of amides is 2. The lowest BCUT2D eigenvalue weighted by molar-refractivity contribution is -0.127. The molecule has 2 aromatic carbocycles. The third-order valence-electron chi connectivity index (χ3n) is 4.73. The van der Waals surface area contributed by atoms with Crippen LogP contribution in [0.15, 0.2) is 60.7 Å². The Labute approximate surface area is 183 Å². The van der Waals surface area contributed by atoms with Gasteiger partial charge in [0.1, 0.15) is 6.04 Å². The lowest BCUT2D eigenvalue weighted by atomic mass is 10.0. The third-order valence-corrected chi connectivity index (χ3v) is 4.73. The second-order valence-electron chi connectivity index (χ2n) is 7.91. The van der Waals surface area contributed by atoms with Crippen LogP contribution in [0, 0.1) is 5.92 Å². The largest absolute Gasteiger partial charge is 0.343 e. The first kappa shape index (κ1) is 24.2. The van der Waals surface area contributed by atoms with Crippen LogP contribution in [0.25, 0.3) is 0 Å². The number of carbonyl (C=O) groups excluding carboxylic acids is 3. The van der Waals surface area contributed by atoms with Crippen molar-refractivity contribution >= 4 is 23.3 Å². The Balaban J connectivity index is 1.80. The van der Waals surface area contributed by atoms with Crippen LogP contribution in [-0.4, -0.2) is 42.8 Å². The van der Waals surface area contributed by atoms with E-state index in [1.807, 2.05) is 50.2 Å². The molecule has 31 heavy (non-hydrogen) atoms. The summed E-state index contributed by atoms with van der Waals surface area (Å²) < 4.78 is 0. The van der Waals surface area contributed by atoms with Crippen molar-refractivity contribution in [1.82, 2.24) is 10.6 Å². The second kappa shape index (κ2) is 12.6. The monoisotopic (exact) mass is 424 g/mol. The molecule has 0 radical (unpaired) electrons. The number of hydrogen-bond acceptors (Lipinski definition) is 5. The fourth-order valence-electron chi connectivity index (χ4n) is 3.05. The Morgan fingerprint density at radius 2 is 1.52 bits per heavy atom. The smallest absolute Gasteiger partial charge is 0.246 e. The molecule has 2 aromatic rings. The van der Waals surface area contributed by atoms with Gasteiger partial charge in [-0.2, -0.15) is 0 Å². The molecule has 0 heterocycles. The Kier molecular flexibility index (Phi) is 9.87. The molecular formula is C24H32N4O3. The molecule has 0 saturated carbocycles. The Bertz CT molecular complexity index is 840. The molecule has 0 aromatic heterocycles. The van der Waals surface area contributed by atoms with Crippen LogP contribution in [-0.2, 0) is 9.59 Å². The minimum Gasteiger partial charge on any atom is -0.343 e. The normalized spacial score (nSPS) is 12.8. The number of hydrogen-bond donors (Lipinski definition) is 4. The number of anilines is 1. The van der Waals surface area contributed by atoms with Crippen molar-refractivity contribution in [3.63, 3.8) is 0 Å². The summed E-state index contributed by atoms with van der Waals surface area (Å²) in [7, 11) is 0. The van der Waals surface area contributed by atoms with Gasteiger partial charge in [0, 0.05) is 11.3 Å². The van der Waals surface area contributed by atoms with Gasteiger partial charge >= 0.3 is 0 Å². The van der Waals surface area contributed by atoms with E-state index in [9.17, 15) is 14.4 Å². The van der Waals surface area contributed by atoms with E-state index < -0.39 is 12.1 Å². The molecule has 0 spiro atoms. The molecule has 166 valence electrons. The van der Waals surface area contributed by atoms with Gasteiger partial charge < -0.3 is 21.7 Å². The van der Waals surface area contributed by atoms with Gasteiger partial charge in [0.25, 0.3) is 0 Å². The van der Waals surface area contributed by atoms with E-state index >= 15 is 0 Å². The number of nitrogens with one attached hydrogen (secondary N) is 3. The molecule has 0 bridgehead atoms. The Morgan fingerprint density at radius 3 is 2.13 bits per heavy atom. The first-order chi connectivity index (χ1) is 14.9. The van der Waals surface area contributed by atoms with Crippen molar-refractivity contribution in [1.29, 1.82) is 0 Å². The van der Waals surface area contributed by atoms with Crippen molar-refractivity contribution in [2.75, 3.05) is 18.4 Å². The highest BCUT2D eigenvalue weighted by Crippen LogP contribution is 2.10. The molecule has 2 atom stereocenters. The van der Waals surface area contributed by atoms with Crippen LogP contribution in [0.3, 0.4) is 0 Å². The summed E-state index contributed by atoms with van der Waals surface area (Å²) in [5, 5.41) is 8.62. The number of para-hydroxylation sites is 1. The molecular weight excluding hydrogens is 392 g/mol. The van der Waals surface area contributed by atoms with Gasteiger partial charge in [-0.1, -0.05) is 62.4 Å². The highest BCUT2D eigenvalue weighted by atomic mass is 16.2. The standard InChI is InChI=1S/C24H32N4O3/c1-17(2)15-21(24(31)27-19-11-7-4-8-12-19)28-23(30)20(25)13-14-26-16-22(29)18-9-5-3-6-10-18/h3-12,17,20-21,26H,13-16,25H2,1-2H3,(H,27,31)(H,28,30)/t20-,21-/m0/s1. The van der Waals surface area contributed by atoms with E-state index in [-0.39, 0.29) is 30.1 Å². The molecule has 7 heteroatoms. The predicted molar refractivity (Wildman–Crippen MR) is 123 cm³/mol. The number of nitrogens with two attached hydrogens (primary N) is 1. The minimum absolute atomic E-state index is 0.0202. The second-order valence-corrected chi connectivity index (χ2v) is 7.91. The van der Waals surface area contributed by atoms with Gasteiger partial charge in [-0.15, -0.1) is 0 Å². The van der Waals surface area contributed by atoms with Crippen molar-refractivity contribution in [2.45, 2.75) is 38.8 Å². The average molecular weight is 425 g/mol. The quantitative estimate of drug-likeness (QED) is 0.309. The summed E-state index contributed by atoms with van der Waals surface area (Å²) in [4.78, 5) is 37.3. The molecule has 2 amide bonds. The van der Waals surface area contributed by atoms with Crippen LogP contribution in [0.4, 0.5) is 5.69 Å². The summed E-state index contributed by atoms with van der Waals surface area (Å²) in [5.74, 6) is -0.459. The summed E-state index contributed by atoms with van der Waals surface area (Å²) in [6.45, 7) is 4.57. The summed E-state index contributed by atoms with van der Waals surface area (Å²) >= 11 is 0. The summed E-state index contributed by atoms with van der Waals surface area (Å²) in [6.07, 6.45) is 0.851. The predicted octanol–water partition coefficient (Wildman–Crippen LogP) is 2.35. The minimum atomic E-state index is -0.779. The molecule has 0 fully saturated rings. The van der Waals surface area contributed by atoms with Crippen molar-refractivity contribution in [3.8, 4) is 0 Å². The van der Waals surface area contributed by atoms with E-state index in [0.29, 0.717) is 30.6 Å². The zero-order valence-corrected chi connectivity index (χ0v) is 18.1. The van der Waals surface area contributed by atoms with E-state index in [2.05, 4.69) is 16.0 Å². The fraction of sp³-hybridized carbons (Fsp3) is 0.375.